The highest BCUT2D eigenvalue weighted by Crippen LogP contribution is 2.35. The molecule has 3 atom stereocenters. The Balaban J connectivity index is 1.58. The van der Waals surface area contributed by atoms with Gasteiger partial charge in [0.15, 0.2) is 0 Å². The fourth-order valence-corrected chi connectivity index (χ4v) is 4.46. The summed E-state index contributed by atoms with van der Waals surface area (Å²) in [6.07, 6.45) is 9.97. The Bertz CT molecular complexity index is 415. The summed E-state index contributed by atoms with van der Waals surface area (Å²) in [7, 11) is 2.09. The molecule has 1 heterocycles. The summed E-state index contributed by atoms with van der Waals surface area (Å²) in [5.74, 6) is 0.997. The molecule has 1 aliphatic heterocycles. The quantitative estimate of drug-likeness (QED) is 0.880. The molecule has 2 aliphatic rings. The van der Waals surface area contributed by atoms with E-state index >= 15 is 0 Å². The van der Waals surface area contributed by atoms with E-state index in [0.29, 0.717) is 6.04 Å². The van der Waals surface area contributed by atoms with Gasteiger partial charge in [0, 0.05) is 18.6 Å². The van der Waals surface area contributed by atoms with E-state index in [9.17, 15) is 0 Å². The molecule has 2 nitrogen and oxygen atoms in total. The lowest BCUT2D eigenvalue weighted by molar-refractivity contribution is 0.0579. The monoisotopic (exact) mass is 286 g/mol. The predicted molar refractivity (Wildman–Crippen MR) is 89.4 cm³/mol. The molecule has 1 aromatic rings. The van der Waals surface area contributed by atoms with Crippen molar-refractivity contribution in [2.45, 2.75) is 57.0 Å². The van der Waals surface area contributed by atoms with Crippen LogP contribution in [0.3, 0.4) is 0 Å². The molecule has 1 saturated carbocycles. The Morgan fingerprint density at radius 3 is 2.67 bits per heavy atom. The van der Waals surface area contributed by atoms with Crippen molar-refractivity contribution in [2.75, 3.05) is 20.1 Å². The minimum atomic E-state index is 0.496. The first-order valence-electron chi connectivity index (χ1n) is 8.85. The van der Waals surface area contributed by atoms with Gasteiger partial charge in [-0.05, 0) is 57.2 Å². The third-order valence-electron chi connectivity index (χ3n) is 5.61. The number of piperidine rings is 1. The zero-order chi connectivity index (χ0) is 14.5. The molecule has 2 fully saturated rings. The van der Waals surface area contributed by atoms with Crippen molar-refractivity contribution in [3.8, 4) is 0 Å². The second-order valence-corrected chi connectivity index (χ2v) is 6.83. The van der Waals surface area contributed by atoms with Gasteiger partial charge in [0.1, 0.15) is 0 Å². The molecule has 3 rings (SSSR count). The van der Waals surface area contributed by atoms with E-state index in [4.69, 9.17) is 0 Å². The lowest BCUT2D eigenvalue weighted by Crippen LogP contribution is -2.47. The molecule has 0 aromatic heterocycles. The van der Waals surface area contributed by atoms with Gasteiger partial charge in [-0.1, -0.05) is 43.2 Å². The third-order valence-corrected chi connectivity index (χ3v) is 5.61. The first-order chi connectivity index (χ1) is 10.4. The number of likely N-dealkylation sites (tertiary alicyclic amines) is 1. The number of hydrogen-bond donors (Lipinski definition) is 1. The molecule has 0 spiro atoms. The van der Waals surface area contributed by atoms with Crippen molar-refractivity contribution in [1.29, 1.82) is 0 Å². The van der Waals surface area contributed by atoms with Gasteiger partial charge in [0.2, 0.25) is 0 Å². The zero-order valence-corrected chi connectivity index (χ0v) is 13.4. The van der Waals surface area contributed by atoms with Gasteiger partial charge in [0.05, 0.1) is 0 Å². The second-order valence-electron chi connectivity index (χ2n) is 6.83. The van der Waals surface area contributed by atoms with Crippen LogP contribution in [-0.2, 0) is 0 Å². The molecular formula is C19H30N2. The minimum Gasteiger partial charge on any atom is -0.313 e. The Morgan fingerprint density at radius 2 is 1.86 bits per heavy atom. The van der Waals surface area contributed by atoms with Gasteiger partial charge in [-0.15, -0.1) is 0 Å². The Labute approximate surface area is 129 Å². The SMILES string of the molecule is CNC(CCN1CCC[C@H]2CCCC[C@H]21)c1ccccc1. The number of hydrogen-bond acceptors (Lipinski definition) is 2. The highest BCUT2D eigenvalue weighted by Gasteiger charge is 2.32. The zero-order valence-electron chi connectivity index (χ0n) is 13.4. The van der Waals surface area contributed by atoms with Crippen LogP contribution in [0.15, 0.2) is 30.3 Å². The Hall–Kier alpha value is -0.860. The molecule has 1 aliphatic carbocycles. The van der Waals surface area contributed by atoms with Crippen LogP contribution in [0.25, 0.3) is 0 Å². The fraction of sp³-hybridized carbons (Fsp3) is 0.684. The van der Waals surface area contributed by atoms with Crippen LogP contribution < -0.4 is 5.32 Å². The van der Waals surface area contributed by atoms with Crippen LogP contribution >= 0.6 is 0 Å². The molecule has 1 unspecified atom stereocenters. The van der Waals surface area contributed by atoms with Crippen LogP contribution in [0.4, 0.5) is 0 Å². The molecule has 0 radical (unpaired) electrons. The Kier molecular flexibility index (Phi) is 5.32. The summed E-state index contributed by atoms with van der Waals surface area (Å²) in [6, 6.07) is 12.3. The maximum Gasteiger partial charge on any atom is 0.0329 e. The van der Waals surface area contributed by atoms with Crippen LogP contribution in [0, 0.1) is 5.92 Å². The maximum absolute atomic E-state index is 3.50. The first-order valence-corrected chi connectivity index (χ1v) is 8.85. The van der Waals surface area contributed by atoms with Gasteiger partial charge in [-0.2, -0.15) is 0 Å². The summed E-state index contributed by atoms with van der Waals surface area (Å²) in [5.41, 5.74) is 1.43. The van der Waals surface area contributed by atoms with E-state index in [1.807, 2.05) is 0 Å². The lowest BCUT2D eigenvalue weighted by Gasteiger charge is -2.44. The minimum absolute atomic E-state index is 0.496. The molecule has 1 saturated heterocycles. The van der Waals surface area contributed by atoms with Gasteiger partial charge in [-0.3, -0.25) is 0 Å². The lowest BCUT2D eigenvalue weighted by atomic mass is 9.78. The van der Waals surface area contributed by atoms with E-state index in [2.05, 4.69) is 47.6 Å². The highest BCUT2D eigenvalue weighted by molar-refractivity contribution is 5.18. The van der Waals surface area contributed by atoms with Crippen molar-refractivity contribution < 1.29 is 0 Å². The smallest absolute Gasteiger partial charge is 0.0329 e. The molecule has 21 heavy (non-hydrogen) atoms. The number of rotatable bonds is 5. The number of fused-ring (bicyclic) bond motifs is 1. The topological polar surface area (TPSA) is 15.3 Å². The molecule has 2 heteroatoms. The summed E-state index contributed by atoms with van der Waals surface area (Å²) >= 11 is 0. The van der Waals surface area contributed by atoms with E-state index in [1.54, 1.807) is 0 Å². The maximum atomic E-state index is 3.50. The van der Waals surface area contributed by atoms with Gasteiger partial charge in [-0.25, -0.2) is 0 Å². The van der Waals surface area contributed by atoms with Gasteiger partial charge < -0.3 is 10.2 Å². The van der Waals surface area contributed by atoms with E-state index < -0.39 is 0 Å². The van der Waals surface area contributed by atoms with Crippen LogP contribution in [0.1, 0.15) is 56.6 Å². The molecule has 0 amide bonds. The van der Waals surface area contributed by atoms with Crippen molar-refractivity contribution in [3.63, 3.8) is 0 Å². The normalized spacial score (nSPS) is 28.0. The second kappa shape index (κ2) is 7.42. The van der Waals surface area contributed by atoms with Crippen molar-refractivity contribution in [3.05, 3.63) is 35.9 Å². The predicted octanol–water partition coefficient (Wildman–Crippen LogP) is 3.99. The number of nitrogens with one attached hydrogen (secondary N) is 1. The molecular weight excluding hydrogens is 256 g/mol. The summed E-state index contributed by atoms with van der Waals surface area (Å²) in [4.78, 5) is 2.81. The third kappa shape index (κ3) is 3.67. The summed E-state index contributed by atoms with van der Waals surface area (Å²) in [5, 5.41) is 3.50. The largest absolute Gasteiger partial charge is 0.313 e. The molecule has 1 N–H and O–H groups in total. The molecule has 0 bridgehead atoms. The highest BCUT2D eigenvalue weighted by atomic mass is 15.2. The van der Waals surface area contributed by atoms with E-state index in [0.717, 1.165) is 12.0 Å². The summed E-state index contributed by atoms with van der Waals surface area (Å²) < 4.78 is 0. The van der Waals surface area contributed by atoms with Gasteiger partial charge in [0.25, 0.3) is 0 Å². The van der Waals surface area contributed by atoms with Crippen LogP contribution in [0.2, 0.25) is 0 Å². The van der Waals surface area contributed by atoms with E-state index in [1.165, 1.54) is 63.6 Å². The van der Waals surface area contributed by atoms with E-state index in [-0.39, 0.29) is 0 Å². The first kappa shape index (κ1) is 15.1. The summed E-state index contributed by atoms with van der Waals surface area (Å²) in [6.45, 7) is 2.58. The standard InChI is InChI=1S/C19H30N2/c1-20-18(16-8-3-2-4-9-16)13-15-21-14-7-11-17-10-5-6-12-19(17)21/h2-4,8-9,17-20H,5-7,10-15H2,1H3/t17-,18?,19-/m1/s1. The average Bonchev–Trinajstić information content (AvgIpc) is 2.56. The average molecular weight is 286 g/mol. The van der Waals surface area contributed by atoms with Crippen molar-refractivity contribution in [1.82, 2.24) is 10.2 Å². The van der Waals surface area contributed by atoms with Crippen LogP contribution in [-0.4, -0.2) is 31.1 Å². The van der Waals surface area contributed by atoms with Crippen molar-refractivity contribution >= 4 is 0 Å². The number of benzene rings is 1. The Morgan fingerprint density at radius 1 is 1.10 bits per heavy atom. The molecule has 1 aromatic carbocycles. The number of nitrogens with zero attached hydrogens (tertiary/aromatic N) is 1. The fourth-order valence-electron chi connectivity index (χ4n) is 4.46. The van der Waals surface area contributed by atoms with Crippen molar-refractivity contribution in [2.24, 2.45) is 5.92 Å². The van der Waals surface area contributed by atoms with Crippen LogP contribution in [0.5, 0.6) is 0 Å². The van der Waals surface area contributed by atoms with Gasteiger partial charge >= 0.3 is 0 Å². The molecule has 116 valence electrons.